The Morgan fingerprint density at radius 3 is 1.89 bits per heavy atom. The minimum absolute atomic E-state index is 0.0947. The second kappa shape index (κ2) is 11.5. The highest BCUT2D eigenvalue weighted by molar-refractivity contribution is 7.81. The van der Waals surface area contributed by atoms with E-state index in [1.54, 1.807) is 55.5 Å². The van der Waals surface area contributed by atoms with Crippen LogP contribution in [0.5, 0.6) is 11.5 Å². The summed E-state index contributed by atoms with van der Waals surface area (Å²) in [4.78, 5) is 0. The van der Waals surface area contributed by atoms with E-state index >= 15 is 0 Å². The van der Waals surface area contributed by atoms with Gasteiger partial charge in [0.2, 0.25) is 0 Å². The van der Waals surface area contributed by atoms with Crippen molar-refractivity contribution < 1.29 is 34.3 Å². The fourth-order valence-electron chi connectivity index (χ4n) is 3.53. The molecule has 0 atom stereocenters. The first kappa shape index (κ1) is 27.8. The lowest BCUT2D eigenvalue weighted by atomic mass is 9.88. The predicted octanol–water partition coefficient (Wildman–Crippen LogP) is 4.98. The van der Waals surface area contributed by atoms with Crippen molar-refractivity contribution in [3.05, 3.63) is 89.5 Å². The Morgan fingerprint density at radius 2 is 1.35 bits per heavy atom. The Labute approximate surface area is 215 Å². The molecule has 0 saturated carbocycles. The number of rotatable bonds is 10. The van der Waals surface area contributed by atoms with Gasteiger partial charge in [0.15, 0.2) is 0 Å². The lowest BCUT2D eigenvalue weighted by Gasteiger charge is -2.17. The van der Waals surface area contributed by atoms with Crippen LogP contribution in [0.2, 0.25) is 0 Å². The molecule has 0 spiro atoms. The van der Waals surface area contributed by atoms with Gasteiger partial charge in [0.25, 0.3) is 0 Å². The number of nitrogens with zero attached hydrogens (tertiary/aromatic N) is 3. The topological polar surface area (TPSA) is 155 Å². The SMILES string of the molecule is CC/C(=C(/c1ccc(OS(=O)(=O)O)cc1)c1cccc(OS(=O)(=O)O)c1)c1ccc(N=NN(C)C)cc1. The van der Waals surface area contributed by atoms with Gasteiger partial charge in [0.1, 0.15) is 11.5 Å². The molecule has 196 valence electrons. The Morgan fingerprint density at radius 1 is 0.784 bits per heavy atom. The maximum absolute atomic E-state index is 11.3. The highest BCUT2D eigenvalue weighted by Crippen LogP contribution is 2.37. The highest BCUT2D eigenvalue weighted by atomic mass is 32.3. The monoisotopic (exact) mass is 547 g/mol. The molecule has 3 aromatic rings. The lowest BCUT2D eigenvalue weighted by molar-refractivity contribution is 0.384. The van der Waals surface area contributed by atoms with Crippen LogP contribution in [0.15, 0.2) is 83.1 Å². The molecule has 0 heterocycles. The van der Waals surface area contributed by atoms with Crippen molar-refractivity contribution in [2.45, 2.75) is 13.3 Å². The first-order valence-electron chi connectivity index (χ1n) is 10.8. The van der Waals surface area contributed by atoms with E-state index in [0.29, 0.717) is 28.8 Å². The summed E-state index contributed by atoms with van der Waals surface area (Å²) in [5, 5.41) is 9.68. The van der Waals surface area contributed by atoms with Crippen molar-refractivity contribution in [1.29, 1.82) is 0 Å². The summed E-state index contributed by atoms with van der Waals surface area (Å²) >= 11 is 0. The molecule has 0 fully saturated rings. The van der Waals surface area contributed by atoms with E-state index in [2.05, 4.69) is 18.7 Å². The molecule has 0 bridgehead atoms. The molecule has 0 aliphatic heterocycles. The average Bonchev–Trinajstić information content (AvgIpc) is 2.80. The zero-order valence-electron chi connectivity index (χ0n) is 20.1. The van der Waals surface area contributed by atoms with Crippen LogP contribution < -0.4 is 8.37 Å². The molecule has 0 amide bonds. The van der Waals surface area contributed by atoms with Gasteiger partial charge in [-0.1, -0.05) is 48.5 Å². The molecular formula is C24H25N3O8S2. The second-order valence-corrected chi connectivity index (χ2v) is 9.91. The van der Waals surface area contributed by atoms with Gasteiger partial charge in [-0.25, -0.2) is 0 Å². The number of allylic oxidation sites excluding steroid dienone is 1. The maximum atomic E-state index is 11.3. The van der Waals surface area contributed by atoms with Crippen molar-refractivity contribution in [1.82, 2.24) is 5.01 Å². The normalized spacial score (nSPS) is 12.8. The van der Waals surface area contributed by atoms with Gasteiger partial charge in [0.05, 0.1) is 5.69 Å². The molecule has 0 saturated heterocycles. The fourth-order valence-corrected chi connectivity index (χ4v) is 4.24. The minimum atomic E-state index is -4.74. The molecule has 0 radical (unpaired) electrons. The Balaban J connectivity index is 2.18. The predicted molar refractivity (Wildman–Crippen MR) is 138 cm³/mol. The van der Waals surface area contributed by atoms with Crippen molar-refractivity contribution in [3.63, 3.8) is 0 Å². The lowest BCUT2D eigenvalue weighted by Crippen LogP contribution is -2.07. The number of benzene rings is 3. The first-order chi connectivity index (χ1) is 17.3. The van der Waals surface area contributed by atoms with E-state index in [1.165, 1.54) is 24.3 Å². The van der Waals surface area contributed by atoms with Crippen molar-refractivity contribution in [2.24, 2.45) is 10.3 Å². The van der Waals surface area contributed by atoms with Crippen molar-refractivity contribution >= 4 is 37.6 Å². The van der Waals surface area contributed by atoms with Gasteiger partial charge >= 0.3 is 20.8 Å². The van der Waals surface area contributed by atoms with E-state index in [4.69, 9.17) is 9.11 Å². The molecule has 0 unspecified atom stereocenters. The van der Waals surface area contributed by atoms with Crippen LogP contribution in [-0.4, -0.2) is 45.0 Å². The van der Waals surface area contributed by atoms with Crippen LogP contribution in [0.4, 0.5) is 5.69 Å². The molecule has 3 rings (SSSR count). The van der Waals surface area contributed by atoms with Gasteiger partial charge in [-0.2, -0.15) is 16.8 Å². The minimum Gasteiger partial charge on any atom is -0.362 e. The summed E-state index contributed by atoms with van der Waals surface area (Å²) in [5.74, 6) is -0.193. The fraction of sp³-hybridized carbons (Fsp3) is 0.167. The van der Waals surface area contributed by atoms with Crippen LogP contribution in [0.3, 0.4) is 0 Å². The van der Waals surface area contributed by atoms with E-state index in [1.807, 2.05) is 19.1 Å². The summed E-state index contributed by atoms with van der Waals surface area (Å²) < 4.78 is 71.9. The number of hydrogen-bond acceptors (Lipinski definition) is 8. The zero-order valence-corrected chi connectivity index (χ0v) is 21.8. The summed E-state index contributed by atoms with van der Waals surface area (Å²) in [6.45, 7) is 1.95. The Kier molecular flexibility index (Phi) is 8.65. The van der Waals surface area contributed by atoms with Crippen LogP contribution in [0.25, 0.3) is 11.1 Å². The molecule has 11 nitrogen and oxygen atoms in total. The zero-order chi connectivity index (χ0) is 27.2. The smallest absolute Gasteiger partial charge is 0.362 e. The molecule has 37 heavy (non-hydrogen) atoms. The summed E-state index contributed by atoms with van der Waals surface area (Å²) in [6, 6.07) is 19.5. The highest BCUT2D eigenvalue weighted by Gasteiger charge is 2.16. The van der Waals surface area contributed by atoms with Crippen molar-refractivity contribution in [3.8, 4) is 11.5 Å². The van der Waals surface area contributed by atoms with E-state index in [0.717, 1.165) is 11.1 Å². The van der Waals surface area contributed by atoms with Crippen LogP contribution >= 0.6 is 0 Å². The standard InChI is InChI=1S/C24H25N3O8S2/c1-4-23(17-8-12-20(13-9-17)25-26-27(2)3)24(18-10-14-21(15-11-18)34-36(28,29)30)19-6-5-7-22(16-19)35-37(31,32)33/h5-16H,4H2,1-3H3,(H,28,29,30)(H,31,32,33)/b24-23+,26-25?. The van der Waals surface area contributed by atoms with E-state index in [-0.39, 0.29) is 11.5 Å². The van der Waals surface area contributed by atoms with Crippen LogP contribution in [-0.2, 0) is 20.8 Å². The summed E-state index contributed by atoms with van der Waals surface area (Å²) in [5.41, 5.74) is 4.25. The third-order valence-corrected chi connectivity index (χ3v) is 5.69. The summed E-state index contributed by atoms with van der Waals surface area (Å²) in [6.07, 6.45) is 0.556. The average molecular weight is 548 g/mol. The molecule has 13 heteroatoms. The van der Waals surface area contributed by atoms with Gasteiger partial charge < -0.3 is 8.37 Å². The first-order valence-corrected chi connectivity index (χ1v) is 13.5. The van der Waals surface area contributed by atoms with E-state index in [9.17, 15) is 16.8 Å². The second-order valence-electron chi connectivity index (χ2n) is 7.86. The Bertz CT molecular complexity index is 1510. The van der Waals surface area contributed by atoms with Crippen molar-refractivity contribution in [2.75, 3.05) is 14.1 Å². The van der Waals surface area contributed by atoms with Gasteiger partial charge in [-0.15, -0.1) is 5.11 Å². The third kappa shape index (κ3) is 8.39. The van der Waals surface area contributed by atoms with Gasteiger partial charge in [-0.05, 0) is 70.7 Å². The molecule has 3 aromatic carbocycles. The maximum Gasteiger partial charge on any atom is 0.446 e. The van der Waals surface area contributed by atoms with E-state index < -0.39 is 20.8 Å². The van der Waals surface area contributed by atoms with Crippen LogP contribution in [0.1, 0.15) is 30.0 Å². The molecule has 0 aliphatic carbocycles. The number of hydrogen-bond donors (Lipinski definition) is 2. The third-order valence-electron chi connectivity index (χ3n) is 4.88. The van der Waals surface area contributed by atoms with Crippen LogP contribution in [0, 0.1) is 0 Å². The van der Waals surface area contributed by atoms with Gasteiger partial charge in [-0.3, -0.25) is 14.1 Å². The quantitative estimate of drug-likeness (QED) is 0.155. The van der Waals surface area contributed by atoms with Gasteiger partial charge in [0, 0.05) is 14.1 Å². The molecule has 2 N–H and O–H groups in total. The molecular weight excluding hydrogens is 522 g/mol. The Hall–Kier alpha value is -3.78. The summed E-state index contributed by atoms with van der Waals surface area (Å²) in [7, 11) is -5.91. The largest absolute Gasteiger partial charge is 0.446 e. The molecule has 0 aromatic heterocycles. The molecule has 0 aliphatic rings.